The highest BCUT2D eigenvalue weighted by atomic mass is 32.2. The molecule has 0 radical (unpaired) electrons. The first-order valence-corrected chi connectivity index (χ1v) is 38.0. The molecule has 1 aliphatic heterocycles. The van der Waals surface area contributed by atoms with Crippen LogP contribution < -0.4 is 21.3 Å². The van der Waals surface area contributed by atoms with Crippen molar-refractivity contribution in [2.45, 2.75) is 261 Å². The Morgan fingerprint density at radius 1 is 0.554 bits per heavy atom. The lowest BCUT2D eigenvalue weighted by Crippen LogP contribution is -2.64. The van der Waals surface area contributed by atoms with Gasteiger partial charge in [0.25, 0.3) is 0 Å². The molecule has 6 N–H and O–H groups in total. The van der Waals surface area contributed by atoms with Gasteiger partial charge in [-0.3, -0.25) is 57.6 Å². The van der Waals surface area contributed by atoms with Crippen LogP contribution in [0.2, 0.25) is 0 Å². The minimum absolute atomic E-state index is 0.000583. The Bertz CT molecular complexity index is 2690. The summed E-state index contributed by atoms with van der Waals surface area (Å²) in [5.74, 6) is -9.09. The van der Waals surface area contributed by atoms with E-state index in [0.717, 1.165) is 37.4 Å². The smallest absolute Gasteiger partial charge is 0.246 e. The standard InChI is InChI=1S/C74H136N12O14S/c1-27-31-34-50(15)63(88)62-67(92)77-53(28-2)69(94)83(24)58(44-101-38-33-32-36-100-37-35-86(29-3)30-4)59(87)43-79(20)57(42-74(18,19)99)66(91)78-60(48(11)12)72(97)80(21)54(39-45(5)6)65(90)75-51(16)64(89)76-52(17)68(93)81(22)55(40-46(7)8)70(95)82(23)56(41-47(9)10)71(96)84(25)61(49(13)14)73(98)85(62)26/h27,31,45-58,60-63,88,99H,28-30,32-44H2,1-26H3,(H,75,90)(H,76,89)(H,77,92)(H,78,91)/t50-,51+,52-,53+,54+,55+,56+,57+,58-,60+,61+,62+,63-/m1/s1. The van der Waals surface area contributed by atoms with E-state index in [2.05, 4.69) is 40.0 Å². The second-order valence-corrected chi connectivity index (χ2v) is 31.7. The molecular weight excluding hydrogens is 1310 g/mol. The van der Waals surface area contributed by atoms with Crippen LogP contribution in [0.25, 0.3) is 0 Å². The maximum atomic E-state index is 15.4. The van der Waals surface area contributed by atoms with E-state index in [1.165, 1.54) is 118 Å². The molecule has 26 nitrogen and oxygen atoms in total. The summed E-state index contributed by atoms with van der Waals surface area (Å²) in [6.45, 7) is 36.7. The van der Waals surface area contributed by atoms with Crippen molar-refractivity contribution in [1.82, 2.24) is 60.5 Å². The maximum absolute atomic E-state index is 15.4. The summed E-state index contributed by atoms with van der Waals surface area (Å²) in [6, 6.07) is -13.9. The van der Waals surface area contributed by atoms with Gasteiger partial charge in [0.15, 0.2) is 5.78 Å². The Hall–Kier alpha value is -5.74. The Kier molecular flexibility index (Phi) is 41.4. The molecule has 13 atom stereocenters. The number of rotatable bonds is 27. The number of hydrogen-bond donors (Lipinski definition) is 6. The first-order valence-electron chi connectivity index (χ1n) is 36.8. The van der Waals surface area contributed by atoms with Gasteiger partial charge in [0.2, 0.25) is 59.1 Å². The Labute approximate surface area is 611 Å². The van der Waals surface area contributed by atoms with E-state index >= 15 is 28.8 Å². The van der Waals surface area contributed by atoms with Crippen molar-refractivity contribution in [3.63, 3.8) is 0 Å². The normalized spacial score (nSPS) is 25.8. The summed E-state index contributed by atoms with van der Waals surface area (Å²) in [5, 5.41) is 34.9. The number of ether oxygens (including phenoxy) is 1. The fraction of sp³-hybridized carbons (Fsp3) is 0.824. The monoisotopic (exact) mass is 1450 g/mol. The van der Waals surface area contributed by atoms with Crippen LogP contribution in [-0.2, 0) is 57.5 Å². The van der Waals surface area contributed by atoms with Crippen LogP contribution in [0.3, 0.4) is 0 Å². The average Bonchev–Trinajstić information content (AvgIpc) is 0.798. The van der Waals surface area contributed by atoms with E-state index in [1.54, 1.807) is 54.5 Å². The molecule has 1 fully saturated rings. The largest absolute Gasteiger partial charge is 0.390 e. The van der Waals surface area contributed by atoms with Crippen LogP contribution in [0.5, 0.6) is 0 Å². The number of carbonyl (C=O) groups excluding carboxylic acids is 11. The van der Waals surface area contributed by atoms with E-state index in [4.69, 9.17) is 4.74 Å². The van der Waals surface area contributed by atoms with Crippen LogP contribution in [0, 0.1) is 35.5 Å². The number of Topliss-reactive ketones (excluding diaryl/α,β-unsaturated/α-hetero) is 1. The average molecular weight is 1450 g/mol. The van der Waals surface area contributed by atoms with Gasteiger partial charge >= 0.3 is 0 Å². The lowest BCUT2D eigenvalue weighted by molar-refractivity contribution is -0.157. The molecule has 0 saturated carbocycles. The molecule has 1 aliphatic rings. The van der Waals surface area contributed by atoms with E-state index in [0.29, 0.717) is 25.4 Å². The van der Waals surface area contributed by atoms with Crippen LogP contribution in [-0.4, -0.2) is 293 Å². The molecule has 101 heavy (non-hydrogen) atoms. The predicted octanol–water partition coefficient (Wildman–Crippen LogP) is 4.67. The lowest BCUT2D eigenvalue weighted by Gasteiger charge is -2.41. The summed E-state index contributed by atoms with van der Waals surface area (Å²) in [4.78, 5) is 175. The van der Waals surface area contributed by atoms with E-state index in [-0.39, 0.29) is 55.6 Å². The Morgan fingerprint density at radius 2 is 1.04 bits per heavy atom. The number of likely N-dealkylation sites (N-methyl/N-ethyl adjacent to an activating group) is 8. The van der Waals surface area contributed by atoms with Gasteiger partial charge in [-0.05, 0) is 141 Å². The molecule has 27 heteroatoms. The number of hydrogen-bond acceptors (Lipinski definition) is 17. The molecule has 1 saturated heterocycles. The number of aliphatic hydroxyl groups excluding tert-OH is 1. The second kappa shape index (κ2) is 44.8. The minimum atomic E-state index is -1.65. The summed E-state index contributed by atoms with van der Waals surface area (Å²) < 4.78 is 5.93. The van der Waals surface area contributed by atoms with Crippen molar-refractivity contribution in [2.24, 2.45) is 35.5 Å². The predicted molar refractivity (Wildman–Crippen MR) is 399 cm³/mol. The van der Waals surface area contributed by atoms with Gasteiger partial charge in [-0.25, -0.2) is 0 Å². The fourth-order valence-electron chi connectivity index (χ4n) is 12.6. The van der Waals surface area contributed by atoms with Crippen molar-refractivity contribution < 1.29 is 67.7 Å². The van der Waals surface area contributed by atoms with Gasteiger partial charge in [-0.1, -0.05) is 109 Å². The fourth-order valence-corrected chi connectivity index (χ4v) is 13.8. The summed E-state index contributed by atoms with van der Waals surface area (Å²) in [7, 11) is 10.1. The number of carbonyl (C=O) groups is 11. The first-order chi connectivity index (χ1) is 46.9. The molecule has 0 unspecified atom stereocenters. The van der Waals surface area contributed by atoms with Gasteiger partial charge in [0.05, 0.1) is 30.9 Å². The van der Waals surface area contributed by atoms with E-state index in [1.807, 2.05) is 47.6 Å². The van der Waals surface area contributed by atoms with Gasteiger partial charge in [-0.2, -0.15) is 11.8 Å². The van der Waals surface area contributed by atoms with Gasteiger partial charge < -0.3 is 70.5 Å². The van der Waals surface area contributed by atoms with Crippen molar-refractivity contribution in [2.75, 3.05) is 100 Å². The minimum Gasteiger partial charge on any atom is -0.390 e. The number of unbranched alkanes of at least 4 members (excludes halogenated alkanes) is 1. The van der Waals surface area contributed by atoms with Crippen molar-refractivity contribution in [3.8, 4) is 0 Å². The number of allylic oxidation sites excluding steroid dienone is 2. The van der Waals surface area contributed by atoms with Crippen LogP contribution in [0.15, 0.2) is 12.2 Å². The van der Waals surface area contributed by atoms with Gasteiger partial charge in [0, 0.05) is 67.6 Å². The van der Waals surface area contributed by atoms with Crippen LogP contribution in [0.1, 0.15) is 183 Å². The zero-order chi connectivity index (χ0) is 77.8. The third kappa shape index (κ3) is 29.4. The SMILES string of the molecule is CC=CC[C@@H](C)[C@@H](O)[C@H]1C(=O)N[C@@H](CC)C(=O)N(C)[C@H](CSCCCCOCCN(CC)CC)C(=O)CN(C)[C@@H](CC(C)(C)O)C(=O)N[C@@H](C(C)C)C(=O)N(C)[C@@H](CC(C)C)C(=O)N[C@@H](C)C(=O)N[C@H](C)C(=O)N(C)[C@@H](CC(C)C)C(=O)N(C)[C@@H](CC(C)C)C(=O)N(C)[C@@H](C(C)C)C(=O)N1C. The Balaban J connectivity index is 4.47. The van der Waals surface area contributed by atoms with Crippen LogP contribution in [0.4, 0.5) is 0 Å². The van der Waals surface area contributed by atoms with Gasteiger partial charge in [0.1, 0.15) is 60.4 Å². The molecule has 0 aromatic carbocycles. The number of thioether (sulfide) groups is 1. The molecule has 582 valence electrons. The molecule has 0 spiro atoms. The zero-order valence-electron chi connectivity index (χ0n) is 66.6. The maximum Gasteiger partial charge on any atom is 0.246 e. The molecule has 10 amide bonds. The summed E-state index contributed by atoms with van der Waals surface area (Å²) in [5.41, 5.74) is -1.50. The topological polar surface area (TPSA) is 312 Å². The molecule has 0 aromatic heterocycles. The molecular formula is C74H136N12O14S. The molecule has 1 heterocycles. The molecule has 0 aliphatic carbocycles. The number of ketones is 1. The quantitative estimate of drug-likeness (QED) is 0.0481. The number of aliphatic hydroxyl groups is 2. The zero-order valence-corrected chi connectivity index (χ0v) is 67.5. The highest BCUT2D eigenvalue weighted by Crippen LogP contribution is 2.27. The van der Waals surface area contributed by atoms with Crippen molar-refractivity contribution in [1.29, 1.82) is 0 Å². The lowest BCUT2D eigenvalue weighted by atomic mass is 9.91. The Morgan fingerprint density at radius 3 is 1.53 bits per heavy atom. The molecule has 0 aromatic rings. The number of nitrogens with zero attached hydrogens (tertiary/aromatic N) is 8. The van der Waals surface area contributed by atoms with Gasteiger partial charge in [-0.15, -0.1) is 0 Å². The number of nitrogens with one attached hydrogen (secondary N) is 4. The molecule has 0 bridgehead atoms. The molecule has 1 rings (SSSR count). The number of amides is 10. The first kappa shape index (κ1) is 93.3. The highest BCUT2D eigenvalue weighted by Gasteiger charge is 2.46. The third-order valence-corrected chi connectivity index (χ3v) is 20.3. The second-order valence-electron chi connectivity index (χ2n) is 30.5. The van der Waals surface area contributed by atoms with Crippen LogP contribution >= 0.6 is 11.8 Å². The summed E-state index contributed by atoms with van der Waals surface area (Å²) in [6.07, 6.45) is 4.00. The van der Waals surface area contributed by atoms with Crippen molar-refractivity contribution >= 4 is 76.6 Å². The summed E-state index contributed by atoms with van der Waals surface area (Å²) >= 11 is 1.44. The highest BCUT2D eigenvalue weighted by molar-refractivity contribution is 7.99. The van der Waals surface area contributed by atoms with Crippen molar-refractivity contribution in [3.05, 3.63) is 12.2 Å². The van der Waals surface area contributed by atoms with E-state index < -0.39 is 167 Å². The third-order valence-electron chi connectivity index (χ3n) is 19.1. The van der Waals surface area contributed by atoms with E-state index in [9.17, 15) is 34.2 Å².